The van der Waals surface area contributed by atoms with Gasteiger partial charge in [-0.25, -0.2) is 4.79 Å². The van der Waals surface area contributed by atoms with E-state index in [0.29, 0.717) is 0 Å². The Bertz CT molecular complexity index is 394. The topological polar surface area (TPSA) is 26.3 Å². The van der Waals surface area contributed by atoms with Gasteiger partial charge in [0.25, 0.3) is 0 Å². The molecular formula is C13H12O2. The standard InChI is InChI=1S/C13H12O2/c1-2-3-11-15-13(14)10-9-12-7-5-4-6-8-12/h2-8H,11H2,1H3/b3-2+. The normalized spacial score (nSPS) is 9.40. The molecule has 0 atom stereocenters. The van der Waals surface area contributed by atoms with Crippen molar-refractivity contribution >= 4 is 5.97 Å². The van der Waals surface area contributed by atoms with Crippen LogP contribution in [0.2, 0.25) is 0 Å². The van der Waals surface area contributed by atoms with E-state index in [1.54, 1.807) is 6.08 Å². The Labute approximate surface area is 89.6 Å². The first kappa shape index (κ1) is 11.1. The molecule has 0 bridgehead atoms. The van der Waals surface area contributed by atoms with E-state index >= 15 is 0 Å². The zero-order valence-electron chi connectivity index (χ0n) is 8.57. The molecule has 1 aromatic rings. The summed E-state index contributed by atoms with van der Waals surface area (Å²) in [7, 11) is 0. The molecule has 0 saturated carbocycles. The summed E-state index contributed by atoms with van der Waals surface area (Å²) in [5.74, 6) is 4.63. The lowest BCUT2D eigenvalue weighted by Crippen LogP contribution is -2.00. The van der Waals surface area contributed by atoms with E-state index in [9.17, 15) is 4.79 Å². The minimum Gasteiger partial charge on any atom is -0.452 e. The first-order chi connectivity index (χ1) is 7.33. The van der Waals surface area contributed by atoms with Crippen LogP contribution in [0.5, 0.6) is 0 Å². The smallest absolute Gasteiger partial charge is 0.385 e. The summed E-state index contributed by atoms with van der Waals surface area (Å²) in [6.45, 7) is 2.14. The number of carbonyl (C=O) groups is 1. The molecular weight excluding hydrogens is 188 g/mol. The van der Waals surface area contributed by atoms with Crippen molar-refractivity contribution < 1.29 is 9.53 Å². The number of benzene rings is 1. The zero-order chi connectivity index (χ0) is 10.9. The molecule has 1 rings (SSSR count). The summed E-state index contributed by atoms with van der Waals surface area (Å²) in [5, 5.41) is 0. The van der Waals surface area contributed by atoms with Crippen molar-refractivity contribution in [3.8, 4) is 11.8 Å². The van der Waals surface area contributed by atoms with Crippen molar-refractivity contribution in [3.05, 3.63) is 48.0 Å². The van der Waals surface area contributed by atoms with Gasteiger partial charge in [-0.1, -0.05) is 36.3 Å². The maximum absolute atomic E-state index is 11.1. The van der Waals surface area contributed by atoms with Crippen LogP contribution in [0.15, 0.2) is 42.5 Å². The molecule has 0 unspecified atom stereocenters. The van der Waals surface area contributed by atoms with Crippen molar-refractivity contribution in [2.24, 2.45) is 0 Å². The van der Waals surface area contributed by atoms with Crippen molar-refractivity contribution in [3.63, 3.8) is 0 Å². The van der Waals surface area contributed by atoms with E-state index in [4.69, 9.17) is 4.74 Å². The Morgan fingerprint density at radius 3 is 2.80 bits per heavy atom. The first-order valence-corrected chi connectivity index (χ1v) is 4.68. The van der Waals surface area contributed by atoms with Gasteiger partial charge in [0.05, 0.1) is 0 Å². The van der Waals surface area contributed by atoms with Gasteiger partial charge in [-0.15, -0.1) is 0 Å². The highest BCUT2D eigenvalue weighted by Gasteiger charge is 1.92. The van der Waals surface area contributed by atoms with Gasteiger partial charge < -0.3 is 4.74 Å². The number of ether oxygens (including phenoxy) is 1. The van der Waals surface area contributed by atoms with E-state index in [0.717, 1.165) is 5.56 Å². The van der Waals surface area contributed by atoms with Gasteiger partial charge in [0.15, 0.2) is 0 Å². The monoisotopic (exact) mass is 200 g/mol. The Kier molecular flexibility index (Phi) is 4.75. The first-order valence-electron chi connectivity index (χ1n) is 4.68. The third-order valence-electron chi connectivity index (χ3n) is 1.63. The molecule has 2 heteroatoms. The van der Waals surface area contributed by atoms with Crippen LogP contribution in [0.4, 0.5) is 0 Å². The van der Waals surface area contributed by atoms with Gasteiger partial charge in [-0.2, -0.15) is 0 Å². The van der Waals surface area contributed by atoms with Crippen molar-refractivity contribution in [2.45, 2.75) is 6.92 Å². The Balaban J connectivity index is 2.48. The van der Waals surface area contributed by atoms with Crippen LogP contribution >= 0.6 is 0 Å². The summed E-state index contributed by atoms with van der Waals surface area (Å²) in [6, 6.07) is 9.32. The lowest BCUT2D eigenvalue weighted by atomic mass is 10.2. The molecule has 0 saturated heterocycles. The molecule has 0 aliphatic carbocycles. The predicted molar refractivity (Wildman–Crippen MR) is 59.1 cm³/mol. The lowest BCUT2D eigenvalue weighted by Gasteiger charge is -1.92. The van der Waals surface area contributed by atoms with Crippen molar-refractivity contribution in [2.75, 3.05) is 6.61 Å². The van der Waals surface area contributed by atoms with Crippen LogP contribution in [0.1, 0.15) is 12.5 Å². The van der Waals surface area contributed by atoms with Crippen LogP contribution in [0, 0.1) is 11.8 Å². The number of rotatable bonds is 2. The maximum Gasteiger partial charge on any atom is 0.385 e. The van der Waals surface area contributed by atoms with E-state index < -0.39 is 5.97 Å². The lowest BCUT2D eigenvalue weighted by molar-refractivity contribution is -0.135. The molecule has 0 amide bonds. The molecule has 76 valence electrons. The molecule has 0 N–H and O–H groups in total. The second-order valence-electron chi connectivity index (χ2n) is 2.78. The third kappa shape index (κ3) is 4.68. The molecule has 0 radical (unpaired) electrons. The average Bonchev–Trinajstić information content (AvgIpc) is 2.28. The fourth-order valence-corrected chi connectivity index (χ4v) is 0.901. The van der Waals surface area contributed by atoms with E-state index in [2.05, 4.69) is 11.8 Å². The second kappa shape index (κ2) is 6.44. The van der Waals surface area contributed by atoms with Crippen LogP contribution < -0.4 is 0 Å². The molecule has 0 spiro atoms. The molecule has 15 heavy (non-hydrogen) atoms. The summed E-state index contributed by atoms with van der Waals surface area (Å²) in [5.41, 5.74) is 0.806. The molecule has 0 heterocycles. The van der Waals surface area contributed by atoms with Gasteiger partial charge in [0.2, 0.25) is 0 Å². The summed E-state index contributed by atoms with van der Waals surface area (Å²) < 4.78 is 4.80. The highest BCUT2D eigenvalue weighted by atomic mass is 16.5. The highest BCUT2D eigenvalue weighted by molar-refractivity contribution is 5.89. The average molecular weight is 200 g/mol. The highest BCUT2D eigenvalue weighted by Crippen LogP contribution is 1.94. The summed E-state index contributed by atoms with van der Waals surface area (Å²) >= 11 is 0. The minimum atomic E-state index is -0.503. The second-order valence-corrected chi connectivity index (χ2v) is 2.78. The zero-order valence-corrected chi connectivity index (χ0v) is 8.57. The number of hydrogen-bond donors (Lipinski definition) is 0. The number of allylic oxidation sites excluding steroid dienone is 1. The minimum absolute atomic E-state index is 0.277. The molecule has 2 nitrogen and oxygen atoms in total. The number of hydrogen-bond acceptors (Lipinski definition) is 2. The fourth-order valence-electron chi connectivity index (χ4n) is 0.901. The van der Waals surface area contributed by atoms with Crippen LogP contribution in [0.3, 0.4) is 0 Å². The third-order valence-corrected chi connectivity index (χ3v) is 1.63. The number of carbonyl (C=O) groups excluding carboxylic acids is 1. The van der Waals surface area contributed by atoms with Crippen LogP contribution in [-0.4, -0.2) is 12.6 Å². The van der Waals surface area contributed by atoms with Crippen LogP contribution in [-0.2, 0) is 9.53 Å². The van der Waals surface area contributed by atoms with Gasteiger partial charge in [0.1, 0.15) is 6.61 Å². The van der Waals surface area contributed by atoms with Crippen LogP contribution in [0.25, 0.3) is 0 Å². The Morgan fingerprint density at radius 1 is 1.40 bits per heavy atom. The van der Waals surface area contributed by atoms with Gasteiger partial charge >= 0.3 is 5.97 Å². The molecule has 1 aromatic carbocycles. The molecule has 0 aromatic heterocycles. The largest absolute Gasteiger partial charge is 0.452 e. The molecule has 0 aliphatic heterocycles. The maximum atomic E-state index is 11.1. The fraction of sp³-hybridized carbons (Fsp3) is 0.154. The van der Waals surface area contributed by atoms with E-state index in [1.165, 1.54) is 0 Å². The molecule has 0 fully saturated rings. The molecule has 0 aliphatic rings. The SMILES string of the molecule is C/C=C/COC(=O)C#Cc1ccccc1. The Morgan fingerprint density at radius 2 is 2.13 bits per heavy atom. The van der Waals surface area contributed by atoms with E-state index in [-0.39, 0.29) is 6.61 Å². The van der Waals surface area contributed by atoms with E-state index in [1.807, 2.05) is 43.3 Å². The predicted octanol–water partition coefficient (Wildman–Crippen LogP) is 2.16. The van der Waals surface area contributed by atoms with Crippen molar-refractivity contribution in [1.82, 2.24) is 0 Å². The quantitative estimate of drug-likeness (QED) is 0.415. The van der Waals surface area contributed by atoms with Gasteiger partial charge in [-0.05, 0) is 19.1 Å². The van der Waals surface area contributed by atoms with Gasteiger partial charge in [0, 0.05) is 11.5 Å². The number of esters is 1. The van der Waals surface area contributed by atoms with Crippen molar-refractivity contribution in [1.29, 1.82) is 0 Å². The van der Waals surface area contributed by atoms with Gasteiger partial charge in [-0.3, -0.25) is 0 Å². The summed E-state index contributed by atoms with van der Waals surface area (Å²) in [6.07, 6.45) is 3.57. The Hall–Kier alpha value is -2.01. The summed E-state index contributed by atoms with van der Waals surface area (Å²) in [4.78, 5) is 11.1.